The van der Waals surface area contributed by atoms with Gasteiger partial charge in [-0.15, -0.1) is 0 Å². The van der Waals surface area contributed by atoms with Crippen molar-refractivity contribution in [2.75, 3.05) is 31.1 Å². The minimum atomic E-state index is -0.297. The van der Waals surface area contributed by atoms with E-state index in [1.165, 1.54) is 11.1 Å². The second-order valence-electron chi connectivity index (χ2n) is 8.95. The summed E-state index contributed by atoms with van der Waals surface area (Å²) in [7, 11) is 0. The topological polar surface area (TPSA) is 68.8 Å². The van der Waals surface area contributed by atoms with Gasteiger partial charge in [0, 0.05) is 51.4 Å². The fourth-order valence-corrected chi connectivity index (χ4v) is 5.48. The van der Waals surface area contributed by atoms with Crippen molar-refractivity contribution >= 4 is 30.3 Å². The van der Waals surface area contributed by atoms with Crippen LogP contribution in [0.2, 0.25) is 0 Å². The van der Waals surface area contributed by atoms with Crippen LogP contribution in [0.15, 0.2) is 36.4 Å². The second-order valence-corrected chi connectivity index (χ2v) is 9.44. The van der Waals surface area contributed by atoms with Gasteiger partial charge in [0.2, 0.25) is 11.8 Å². The summed E-state index contributed by atoms with van der Waals surface area (Å²) in [4.78, 5) is 35.4. The number of nitrogens with one attached hydrogen (secondary N) is 1. The van der Waals surface area contributed by atoms with Crippen LogP contribution >= 0.6 is 12.6 Å². The Balaban J connectivity index is 1.21. The molecule has 32 heavy (non-hydrogen) atoms. The van der Waals surface area contributed by atoms with Gasteiger partial charge in [-0.3, -0.25) is 24.7 Å². The van der Waals surface area contributed by atoms with Crippen molar-refractivity contribution in [3.63, 3.8) is 0 Å². The minimum absolute atomic E-state index is 0.117. The number of aromatic nitrogens is 1. The van der Waals surface area contributed by atoms with E-state index in [1.807, 2.05) is 13.0 Å². The number of pyridine rings is 1. The Labute approximate surface area is 194 Å². The molecule has 0 saturated carbocycles. The van der Waals surface area contributed by atoms with Crippen LogP contribution in [0.3, 0.4) is 0 Å². The van der Waals surface area contributed by atoms with Crippen molar-refractivity contribution < 1.29 is 9.59 Å². The van der Waals surface area contributed by atoms with Crippen molar-refractivity contribution in [3.8, 4) is 0 Å². The molecule has 2 atom stereocenters. The molecule has 3 aliphatic heterocycles. The van der Waals surface area contributed by atoms with Crippen LogP contribution in [0.25, 0.3) is 0 Å². The van der Waals surface area contributed by atoms with E-state index in [4.69, 9.17) is 12.6 Å². The number of amides is 2. The maximum atomic E-state index is 12.3. The van der Waals surface area contributed by atoms with Gasteiger partial charge in [-0.25, -0.2) is 4.98 Å². The molecule has 2 aromatic rings. The molecule has 168 valence electrons. The van der Waals surface area contributed by atoms with E-state index in [0.717, 1.165) is 49.8 Å². The summed E-state index contributed by atoms with van der Waals surface area (Å²) < 4.78 is 0. The van der Waals surface area contributed by atoms with E-state index < -0.39 is 0 Å². The first-order valence-electron chi connectivity index (χ1n) is 11.3. The number of thiol groups is 1. The third-order valence-electron chi connectivity index (χ3n) is 6.74. The van der Waals surface area contributed by atoms with Crippen LogP contribution in [-0.2, 0) is 22.7 Å². The van der Waals surface area contributed by atoms with Crippen molar-refractivity contribution in [3.05, 3.63) is 58.8 Å². The van der Waals surface area contributed by atoms with Gasteiger partial charge >= 0.3 is 0 Å². The number of imide groups is 1. The summed E-state index contributed by atoms with van der Waals surface area (Å²) in [5, 5.41) is 2.35. The third kappa shape index (κ3) is 4.27. The number of fused-ring (bicyclic) bond motifs is 1. The van der Waals surface area contributed by atoms with Gasteiger partial charge in [0.1, 0.15) is 5.82 Å². The van der Waals surface area contributed by atoms with Crippen LogP contribution < -0.4 is 10.2 Å². The first kappa shape index (κ1) is 21.4. The molecule has 4 heterocycles. The molecule has 0 spiro atoms. The van der Waals surface area contributed by atoms with Crippen LogP contribution in [0.4, 0.5) is 5.82 Å². The molecular weight excluding hydrogens is 422 g/mol. The monoisotopic (exact) mass is 451 g/mol. The van der Waals surface area contributed by atoms with Crippen LogP contribution in [0, 0.1) is 6.92 Å². The molecular formula is C24H29N5O2S. The van der Waals surface area contributed by atoms with Gasteiger partial charge in [-0.1, -0.05) is 24.3 Å². The number of hydrogen-bond donors (Lipinski definition) is 2. The average molecular weight is 452 g/mol. The Hall–Kier alpha value is -2.42. The summed E-state index contributed by atoms with van der Waals surface area (Å²) in [6, 6.07) is 12.5. The lowest BCUT2D eigenvalue weighted by molar-refractivity contribution is -0.137. The Bertz CT molecular complexity index is 1040. The Morgan fingerprint density at radius 3 is 2.69 bits per heavy atom. The first-order valence-corrected chi connectivity index (χ1v) is 11.8. The molecule has 5 rings (SSSR count). The lowest BCUT2D eigenvalue weighted by Crippen LogP contribution is -2.51. The van der Waals surface area contributed by atoms with Crippen molar-refractivity contribution in [2.45, 2.75) is 44.3 Å². The number of anilines is 1. The highest BCUT2D eigenvalue weighted by Gasteiger charge is 2.39. The molecule has 7 nitrogen and oxygen atoms in total. The highest BCUT2D eigenvalue weighted by molar-refractivity contribution is 7.80. The number of carbonyl (C=O) groups is 2. The van der Waals surface area contributed by atoms with Gasteiger partial charge in [-0.05, 0) is 42.2 Å². The normalized spacial score (nSPS) is 24.5. The Morgan fingerprint density at radius 2 is 1.94 bits per heavy atom. The maximum absolute atomic E-state index is 12.3. The zero-order valence-electron chi connectivity index (χ0n) is 18.3. The van der Waals surface area contributed by atoms with Crippen LogP contribution in [-0.4, -0.2) is 58.8 Å². The molecule has 8 heteroatoms. The molecule has 0 radical (unpaired) electrons. The predicted octanol–water partition coefficient (Wildman–Crippen LogP) is 2.26. The highest BCUT2D eigenvalue weighted by Crippen LogP contribution is 2.39. The molecule has 1 aromatic heterocycles. The highest BCUT2D eigenvalue weighted by atomic mass is 32.1. The lowest BCUT2D eigenvalue weighted by Gasteiger charge is -2.35. The summed E-state index contributed by atoms with van der Waals surface area (Å²) in [5.41, 5.74) is 4.74. The number of piperazine rings is 1. The van der Waals surface area contributed by atoms with E-state index in [2.05, 4.69) is 55.3 Å². The molecule has 0 bridgehead atoms. The fraction of sp³-hybridized carbons (Fsp3) is 0.458. The smallest absolute Gasteiger partial charge is 0.243 e. The number of piperidine rings is 1. The molecule has 1 N–H and O–H groups in total. The molecule has 2 unspecified atom stereocenters. The Kier molecular flexibility index (Phi) is 5.92. The molecule has 3 aliphatic rings. The first-order chi connectivity index (χ1) is 15.5. The third-order valence-corrected chi connectivity index (χ3v) is 7.31. The SMILES string of the molecule is Cc1cccc(N2CCN(Cc3ccc4c(c3)CN(C3CCC(=O)NC3=O)C4S)CC2)n1. The van der Waals surface area contributed by atoms with E-state index in [9.17, 15) is 9.59 Å². The molecule has 2 saturated heterocycles. The molecule has 0 aliphatic carbocycles. The van der Waals surface area contributed by atoms with Gasteiger partial charge in [-0.2, -0.15) is 12.6 Å². The molecule has 1 aromatic carbocycles. The van der Waals surface area contributed by atoms with E-state index >= 15 is 0 Å². The zero-order chi connectivity index (χ0) is 22.2. The second kappa shape index (κ2) is 8.84. The maximum Gasteiger partial charge on any atom is 0.243 e. The summed E-state index contributed by atoms with van der Waals surface area (Å²) in [5.74, 6) is 0.684. The van der Waals surface area contributed by atoms with Gasteiger partial charge in [0.05, 0.1) is 11.4 Å². The van der Waals surface area contributed by atoms with E-state index in [-0.39, 0.29) is 23.2 Å². The Morgan fingerprint density at radius 1 is 1.12 bits per heavy atom. The summed E-state index contributed by atoms with van der Waals surface area (Å²) >= 11 is 4.80. The average Bonchev–Trinajstić information content (AvgIpc) is 3.10. The van der Waals surface area contributed by atoms with E-state index in [1.54, 1.807) is 0 Å². The van der Waals surface area contributed by atoms with Crippen molar-refractivity contribution in [1.82, 2.24) is 20.1 Å². The summed E-state index contributed by atoms with van der Waals surface area (Å²) in [6.07, 6.45) is 0.946. The zero-order valence-corrected chi connectivity index (χ0v) is 19.2. The molecule has 2 fully saturated rings. The van der Waals surface area contributed by atoms with Gasteiger partial charge in [0.15, 0.2) is 0 Å². The van der Waals surface area contributed by atoms with Crippen LogP contribution in [0.5, 0.6) is 0 Å². The number of benzene rings is 1. The fourth-order valence-electron chi connectivity index (χ4n) is 4.99. The quantitative estimate of drug-likeness (QED) is 0.549. The van der Waals surface area contributed by atoms with Gasteiger partial charge in [0.25, 0.3) is 0 Å². The number of rotatable bonds is 4. The van der Waals surface area contributed by atoms with Crippen molar-refractivity contribution in [2.24, 2.45) is 0 Å². The van der Waals surface area contributed by atoms with Gasteiger partial charge < -0.3 is 4.90 Å². The van der Waals surface area contributed by atoms with Crippen LogP contribution in [0.1, 0.15) is 40.6 Å². The number of aryl methyl sites for hydroxylation is 1. The number of nitrogens with zero attached hydrogens (tertiary/aromatic N) is 4. The molecule has 2 amide bonds. The summed E-state index contributed by atoms with van der Waals surface area (Å²) in [6.45, 7) is 7.60. The lowest BCUT2D eigenvalue weighted by atomic mass is 10.0. The predicted molar refractivity (Wildman–Crippen MR) is 126 cm³/mol. The standard InChI is InChI=1S/C24H29N5O2S/c1-16-3-2-4-21(25-16)28-11-9-27(10-12-28)14-17-5-6-19-18(13-17)15-29(24(19)32)20-7-8-22(30)26-23(20)31/h2-6,13,20,24,32H,7-12,14-15H2,1H3,(H,26,30,31). The number of hydrogen-bond acceptors (Lipinski definition) is 7. The van der Waals surface area contributed by atoms with Crippen molar-refractivity contribution in [1.29, 1.82) is 0 Å². The number of carbonyl (C=O) groups excluding carboxylic acids is 2. The minimum Gasteiger partial charge on any atom is -0.354 e. The largest absolute Gasteiger partial charge is 0.354 e. The van der Waals surface area contributed by atoms with E-state index in [0.29, 0.717) is 19.4 Å².